The Kier molecular flexibility index (Phi) is 6.71. The number of amides is 1. The van der Waals surface area contributed by atoms with E-state index in [0.29, 0.717) is 24.3 Å². The van der Waals surface area contributed by atoms with Gasteiger partial charge in [0.25, 0.3) is 5.91 Å². The molecule has 1 heterocycles. The van der Waals surface area contributed by atoms with E-state index in [9.17, 15) is 9.59 Å². The lowest BCUT2D eigenvalue weighted by atomic mass is 10.1. The fourth-order valence-electron chi connectivity index (χ4n) is 1.77. The zero-order valence-electron chi connectivity index (χ0n) is 11.5. The van der Waals surface area contributed by atoms with Gasteiger partial charge in [-0.3, -0.25) is 9.59 Å². The quantitative estimate of drug-likeness (QED) is 0.580. The molecule has 0 fully saturated rings. The number of methoxy groups -OCH3 is 1. The molecular formula is C14H21NO4. The van der Waals surface area contributed by atoms with E-state index in [-0.39, 0.29) is 11.9 Å². The van der Waals surface area contributed by atoms with Gasteiger partial charge in [0.05, 0.1) is 18.9 Å². The smallest absolute Gasteiger partial charge is 0.305 e. The lowest BCUT2D eigenvalue weighted by molar-refractivity contribution is -0.140. The summed E-state index contributed by atoms with van der Waals surface area (Å²) >= 11 is 0. The van der Waals surface area contributed by atoms with Crippen molar-refractivity contribution in [3.8, 4) is 0 Å². The molecule has 0 bridgehead atoms. The number of esters is 1. The van der Waals surface area contributed by atoms with Crippen molar-refractivity contribution in [2.75, 3.05) is 13.7 Å². The fourth-order valence-corrected chi connectivity index (χ4v) is 1.77. The number of furan rings is 1. The van der Waals surface area contributed by atoms with E-state index in [1.54, 1.807) is 13.0 Å². The van der Waals surface area contributed by atoms with Gasteiger partial charge in [-0.05, 0) is 25.8 Å². The molecule has 1 aromatic rings. The first-order valence-electron chi connectivity index (χ1n) is 6.54. The minimum Gasteiger partial charge on any atom is -0.469 e. The van der Waals surface area contributed by atoms with E-state index >= 15 is 0 Å². The van der Waals surface area contributed by atoms with E-state index in [1.807, 2.05) is 0 Å². The maximum absolute atomic E-state index is 11.7. The van der Waals surface area contributed by atoms with Gasteiger partial charge in [-0.15, -0.1) is 0 Å². The van der Waals surface area contributed by atoms with Gasteiger partial charge < -0.3 is 14.5 Å². The summed E-state index contributed by atoms with van der Waals surface area (Å²) in [4.78, 5) is 22.6. The molecule has 5 heteroatoms. The first-order valence-corrected chi connectivity index (χ1v) is 6.54. The number of hydrogen-bond donors (Lipinski definition) is 1. The maximum atomic E-state index is 11.7. The van der Waals surface area contributed by atoms with Crippen molar-refractivity contribution in [1.29, 1.82) is 0 Å². The maximum Gasteiger partial charge on any atom is 0.305 e. The Bertz CT molecular complexity index is 411. The predicted octanol–water partition coefficient (Wildman–Crippen LogP) is 2.44. The molecule has 0 radical (unpaired) electrons. The summed E-state index contributed by atoms with van der Waals surface area (Å²) in [5.41, 5.74) is 0.589. The molecular weight excluding hydrogens is 246 g/mol. The highest BCUT2D eigenvalue weighted by Gasteiger charge is 2.09. The molecule has 0 aliphatic heterocycles. The predicted molar refractivity (Wildman–Crippen MR) is 70.9 cm³/mol. The fraction of sp³-hybridized carbons (Fsp3) is 0.571. The van der Waals surface area contributed by atoms with Crippen molar-refractivity contribution in [2.24, 2.45) is 0 Å². The topological polar surface area (TPSA) is 68.5 Å². The summed E-state index contributed by atoms with van der Waals surface area (Å²) in [5.74, 6) is 0.375. The van der Waals surface area contributed by atoms with Crippen LogP contribution in [0.4, 0.5) is 0 Å². The van der Waals surface area contributed by atoms with Crippen LogP contribution in [0.1, 0.15) is 48.2 Å². The van der Waals surface area contributed by atoms with Crippen molar-refractivity contribution in [3.05, 3.63) is 23.7 Å². The van der Waals surface area contributed by atoms with Crippen LogP contribution in [0.5, 0.6) is 0 Å². The molecule has 1 amide bonds. The normalized spacial score (nSPS) is 10.2. The van der Waals surface area contributed by atoms with Gasteiger partial charge in [0, 0.05) is 13.0 Å². The highest BCUT2D eigenvalue weighted by atomic mass is 16.5. The molecule has 0 aliphatic rings. The number of carbonyl (C=O) groups excluding carboxylic acids is 2. The van der Waals surface area contributed by atoms with Crippen LogP contribution in [-0.4, -0.2) is 25.5 Å². The molecule has 19 heavy (non-hydrogen) atoms. The van der Waals surface area contributed by atoms with Crippen LogP contribution in [0.2, 0.25) is 0 Å². The molecule has 5 nitrogen and oxygen atoms in total. The van der Waals surface area contributed by atoms with Crippen LogP contribution in [0.3, 0.4) is 0 Å². The number of rotatable bonds is 8. The summed E-state index contributed by atoms with van der Waals surface area (Å²) in [6.45, 7) is 2.41. The molecule has 1 rings (SSSR count). The Labute approximate surface area is 113 Å². The Morgan fingerprint density at radius 2 is 2.00 bits per heavy atom. The second-order valence-electron chi connectivity index (χ2n) is 4.39. The third-order valence-corrected chi connectivity index (χ3v) is 2.92. The van der Waals surface area contributed by atoms with Gasteiger partial charge in [0.2, 0.25) is 0 Å². The summed E-state index contributed by atoms with van der Waals surface area (Å²) < 4.78 is 9.63. The zero-order valence-corrected chi connectivity index (χ0v) is 11.5. The molecule has 1 aromatic heterocycles. The summed E-state index contributed by atoms with van der Waals surface area (Å²) in [6, 6.07) is 1.67. The van der Waals surface area contributed by atoms with Crippen LogP contribution < -0.4 is 5.32 Å². The van der Waals surface area contributed by atoms with Gasteiger partial charge in [-0.1, -0.05) is 12.8 Å². The number of aryl methyl sites for hydroxylation is 1. The highest BCUT2D eigenvalue weighted by Crippen LogP contribution is 2.08. The van der Waals surface area contributed by atoms with Gasteiger partial charge >= 0.3 is 5.97 Å². The summed E-state index contributed by atoms with van der Waals surface area (Å²) in [7, 11) is 1.40. The number of carbonyl (C=O) groups is 2. The third-order valence-electron chi connectivity index (χ3n) is 2.92. The van der Waals surface area contributed by atoms with E-state index in [4.69, 9.17) is 4.42 Å². The van der Waals surface area contributed by atoms with Crippen LogP contribution in [0.15, 0.2) is 16.7 Å². The van der Waals surface area contributed by atoms with Crippen molar-refractivity contribution >= 4 is 11.9 Å². The Hall–Kier alpha value is -1.78. The Morgan fingerprint density at radius 1 is 1.26 bits per heavy atom. The first-order chi connectivity index (χ1) is 9.15. The van der Waals surface area contributed by atoms with Crippen LogP contribution in [0.25, 0.3) is 0 Å². The zero-order chi connectivity index (χ0) is 14.1. The molecule has 0 atom stereocenters. The van der Waals surface area contributed by atoms with Crippen molar-refractivity contribution < 1.29 is 18.7 Å². The minimum absolute atomic E-state index is 0.0965. The lowest BCUT2D eigenvalue weighted by Crippen LogP contribution is -2.24. The Balaban J connectivity index is 2.04. The van der Waals surface area contributed by atoms with Crippen LogP contribution >= 0.6 is 0 Å². The Morgan fingerprint density at radius 3 is 2.63 bits per heavy atom. The van der Waals surface area contributed by atoms with Gasteiger partial charge in [-0.25, -0.2) is 0 Å². The largest absolute Gasteiger partial charge is 0.469 e. The molecule has 0 saturated heterocycles. The number of ether oxygens (including phenoxy) is 1. The number of hydrogen-bond acceptors (Lipinski definition) is 4. The second kappa shape index (κ2) is 8.34. The van der Waals surface area contributed by atoms with E-state index in [2.05, 4.69) is 10.1 Å². The average Bonchev–Trinajstić information content (AvgIpc) is 2.83. The summed E-state index contributed by atoms with van der Waals surface area (Å²) in [5, 5.41) is 2.85. The summed E-state index contributed by atoms with van der Waals surface area (Å²) in [6.07, 6.45) is 5.68. The molecule has 0 spiro atoms. The molecule has 106 valence electrons. The van der Waals surface area contributed by atoms with E-state index < -0.39 is 0 Å². The standard InChI is InChI=1S/C14H21NO4/c1-11-12(8-10-19-11)14(17)15-9-6-4-3-5-7-13(16)18-2/h8,10H,3-7,9H2,1-2H3,(H,15,17). The van der Waals surface area contributed by atoms with Gasteiger partial charge in [0.15, 0.2) is 0 Å². The van der Waals surface area contributed by atoms with E-state index in [0.717, 1.165) is 25.7 Å². The molecule has 1 N–H and O–H groups in total. The average molecular weight is 267 g/mol. The highest BCUT2D eigenvalue weighted by molar-refractivity contribution is 5.94. The molecule has 0 aromatic carbocycles. The van der Waals surface area contributed by atoms with Crippen LogP contribution in [-0.2, 0) is 9.53 Å². The SMILES string of the molecule is COC(=O)CCCCCCNC(=O)c1ccoc1C. The number of nitrogens with one attached hydrogen (secondary N) is 1. The lowest BCUT2D eigenvalue weighted by Gasteiger charge is -2.04. The minimum atomic E-state index is -0.163. The monoisotopic (exact) mass is 267 g/mol. The molecule has 0 unspecified atom stereocenters. The van der Waals surface area contributed by atoms with Crippen molar-refractivity contribution in [3.63, 3.8) is 0 Å². The molecule has 0 aliphatic carbocycles. The van der Waals surface area contributed by atoms with Crippen molar-refractivity contribution in [1.82, 2.24) is 5.32 Å². The van der Waals surface area contributed by atoms with Gasteiger partial charge in [-0.2, -0.15) is 0 Å². The second-order valence-corrected chi connectivity index (χ2v) is 4.39. The van der Waals surface area contributed by atoms with Crippen LogP contribution in [0, 0.1) is 6.92 Å². The third kappa shape index (κ3) is 5.59. The first kappa shape index (κ1) is 15.3. The van der Waals surface area contributed by atoms with E-state index in [1.165, 1.54) is 13.4 Å². The van der Waals surface area contributed by atoms with Gasteiger partial charge in [0.1, 0.15) is 5.76 Å². The van der Waals surface area contributed by atoms with Crippen molar-refractivity contribution in [2.45, 2.75) is 39.0 Å². The number of unbranched alkanes of at least 4 members (excludes halogenated alkanes) is 3. The molecule has 0 saturated carbocycles.